The SMILES string of the molecule is CCN(C(=O)CCl)C(C=Nc1cccnc1)C(=N)Cl. The molecule has 0 aliphatic heterocycles. The molecule has 1 unspecified atom stereocenters. The molecule has 0 spiro atoms. The van der Waals surface area contributed by atoms with Crippen molar-refractivity contribution >= 4 is 46.2 Å². The summed E-state index contributed by atoms with van der Waals surface area (Å²) in [6.07, 6.45) is 4.65. The third kappa shape index (κ3) is 4.61. The molecular formula is C12H14Cl2N4O. The number of alkyl halides is 1. The molecule has 1 amide bonds. The lowest BCUT2D eigenvalue weighted by atomic mass is 10.2. The van der Waals surface area contributed by atoms with Crippen molar-refractivity contribution < 1.29 is 4.79 Å². The molecule has 102 valence electrons. The van der Waals surface area contributed by atoms with Crippen molar-refractivity contribution in [2.45, 2.75) is 13.0 Å². The molecule has 1 N–H and O–H groups in total. The van der Waals surface area contributed by atoms with Gasteiger partial charge in [-0.1, -0.05) is 11.6 Å². The van der Waals surface area contributed by atoms with Gasteiger partial charge in [0.15, 0.2) is 0 Å². The molecule has 0 saturated carbocycles. The van der Waals surface area contributed by atoms with E-state index in [9.17, 15) is 4.79 Å². The number of carbonyl (C=O) groups excluding carboxylic acids is 1. The van der Waals surface area contributed by atoms with Gasteiger partial charge in [0.05, 0.1) is 11.9 Å². The summed E-state index contributed by atoms with van der Waals surface area (Å²) >= 11 is 11.3. The number of nitrogens with one attached hydrogen (secondary N) is 1. The third-order valence-corrected chi connectivity index (χ3v) is 2.83. The minimum absolute atomic E-state index is 0.157. The Balaban J connectivity index is 2.92. The largest absolute Gasteiger partial charge is 0.327 e. The first-order valence-electron chi connectivity index (χ1n) is 5.63. The molecule has 1 aromatic rings. The van der Waals surface area contributed by atoms with Crippen LogP contribution in [0.1, 0.15) is 6.92 Å². The monoisotopic (exact) mass is 300 g/mol. The maximum absolute atomic E-state index is 11.7. The highest BCUT2D eigenvalue weighted by Gasteiger charge is 2.22. The van der Waals surface area contributed by atoms with Crippen LogP contribution in [0.15, 0.2) is 29.5 Å². The molecule has 1 aromatic heterocycles. The fourth-order valence-corrected chi connectivity index (χ4v) is 1.80. The number of hydrogen-bond donors (Lipinski definition) is 1. The fraction of sp³-hybridized carbons (Fsp3) is 0.333. The van der Waals surface area contributed by atoms with Crippen LogP contribution in [-0.2, 0) is 4.79 Å². The zero-order valence-electron chi connectivity index (χ0n) is 10.4. The van der Waals surface area contributed by atoms with Gasteiger partial charge >= 0.3 is 0 Å². The van der Waals surface area contributed by atoms with Crippen molar-refractivity contribution in [1.29, 1.82) is 5.41 Å². The number of aromatic nitrogens is 1. The lowest BCUT2D eigenvalue weighted by molar-refractivity contribution is -0.128. The number of halogens is 2. The highest BCUT2D eigenvalue weighted by atomic mass is 35.5. The smallest absolute Gasteiger partial charge is 0.238 e. The number of pyridine rings is 1. The summed E-state index contributed by atoms with van der Waals surface area (Å²) in [5.74, 6) is -0.452. The average Bonchev–Trinajstić information content (AvgIpc) is 2.43. The molecule has 7 heteroatoms. The van der Waals surface area contributed by atoms with E-state index in [4.69, 9.17) is 28.6 Å². The maximum Gasteiger partial charge on any atom is 0.238 e. The van der Waals surface area contributed by atoms with Gasteiger partial charge in [-0.25, -0.2) is 0 Å². The summed E-state index contributed by atoms with van der Waals surface area (Å²) in [4.78, 5) is 21.1. The van der Waals surface area contributed by atoms with Crippen molar-refractivity contribution in [1.82, 2.24) is 9.88 Å². The zero-order chi connectivity index (χ0) is 14.3. The van der Waals surface area contributed by atoms with E-state index in [1.807, 2.05) is 0 Å². The summed E-state index contributed by atoms with van der Waals surface area (Å²) in [7, 11) is 0. The summed E-state index contributed by atoms with van der Waals surface area (Å²) in [6.45, 7) is 2.18. The number of nitrogens with zero attached hydrogens (tertiary/aromatic N) is 3. The van der Waals surface area contributed by atoms with Crippen molar-refractivity contribution in [2.24, 2.45) is 4.99 Å². The van der Waals surface area contributed by atoms with Gasteiger partial charge < -0.3 is 4.90 Å². The average molecular weight is 301 g/mol. The quantitative estimate of drug-likeness (QED) is 0.647. The van der Waals surface area contributed by atoms with Crippen LogP contribution in [0.4, 0.5) is 5.69 Å². The van der Waals surface area contributed by atoms with Gasteiger partial charge in [0.1, 0.15) is 17.1 Å². The van der Waals surface area contributed by atoms with E-state index in [1.54, 1.807) is 31.5 Å². The van der Waals surface area contributed by atoms with E-state index >= 15 is 0 Å². The van der Waals surface area contributed by atoms with Crippen LogP contribution in [0.2, 0.25) is 0 Å². The molecular weight excluding hydrogens is 287 g/mol. The van der Waals surface area contributed by atoms with E-state index in [0.29, 0.717) is 12.2 Å². The lowest BCUT2D eigenvalue weighted by Crippen LogP contribution is -2.45. The Hall–Kier alpha value is -1.46. The Kier molecular flexibility index (Phi) is 6.45. The van der Waals surface area contributed by atoms with Crippen LogP contribution < -0.4 is 0 Å². The second-order valence-corrected chi connectivity index (χ2v) is 4.27. The number of amides is 1. The first-order chi connectivity index (χ1) is 9.10. The van der Waals surface area contributed by atoms with Crippen LogP contribution in [0.5, 0.6) is 0 Å². The highest BCUT2D eigenvalue weighted by molar-refractivity contribution is 6.67. The van der Waals surface area contributed by atoms with Gasteiger partial charge in [-0.2, -0.15) is 0 Å². The highest BCUT2D eigenvalue weighted by Crippen LogP contribution is 2.10. The van der Waals surface area contributed by atoms with Gasteiger partial charge in [-0.3, -0.25) is 20.2 Å². The molecule has 5 nitrogen and oxygen atoms in total. The fourth-order valence-electron chi connectivity index (χ4n) is 1.47. The number of rotatable bonds is 6. The summed E-state index contributed by atoms with van der Waals surface area (Å²) in [5, 5.41) is 7.35. The minimum atomic E-state index is -0.710. The first kappa shape index (κ1) is 15.6. The molecule has 1 heterocycles. The molecule has 0 aliphatic rings. The molecule has 0 saturated heterocycles. The minimum Gasteiger partial charge on any atom is -0.327 e. The Labute approximate surface area is 121 Å². The molecule has 0 radical (unpaired) electrons. The van der Waals surface area contributed by atoms with E-state index in [2.05, 4.69) is 9.98 Å². The third-order valence-electron chi connectivity index (χ3n) is 2.38. The standard InChI is InChI=1S/C12H14Cl2N4O/c1-2-18(11(19)6-13)10(12(14)15)8-17-9-4-3-5-16-7-9/h3-5,7-8,10,15H,2,6H2,1H3. The lowest BCUT2D eigenvalue weighted by Gasteiger charge is -2.25. The predicted octanol–water partition coefficient (Wildman–Crippen LogP) is 2.46. The Bertz CT molecular complexity index is 464. The van der Waals surface area contributed by atoms with Gasteiger partial charge in [-0.05, 0) is 19.1 Å². The van der Waals surface area contributed by atoms with Crippen LogP contribution in [0.25, 0.3) is 0 Å². The Morgan fingerprint density at radius 2 is 2.42 bits per heavy atom. The van der Waals surface area contributed by atoms with Crippen LogP contribution >= 0.6 is 23.2 Å². The molecule has 0 fully saturated rings. The van der Waals surface area contributed by atoms with Crippen molar-refractivity contribution in [3.63, 3.8) is 0 Å². The van der Waals surface area contributed by atoms with Gasteiger partial charge in [0.25, 0.3) is 0 Å². The second kappa shape index (κ2) is 7.86. The number of hydrogen-bond acceptors (Lipinski definition) is 4. The molecule has 19 heavy (non-hydrogen) atoms. The molecule has 0 aliphatic carbocycles. The summed E-state index contributed by atoms with van der Waals surface area (Å²) in [5.41, 5.74) is 0.625. The van der Waals surface area contributed by atoms with Crippen molar-refractivity contribution in [3.8, 4) is 0 Å². The van der Waals surface area contributed by atoms with E-state index in [1.165, 1.54) is 11.1 Å². The Morgan fingerprint density at radius 3 is 2.89 bits per heavy atom. The second-order valence-electron chi connectivity index (χ2n) is 3.60. The molecule has 0 aromatic carbocycles. The topological polar surface area (TPSA) is 69.4 Å². The number of aliphatic imine (C=N–C) groups is 1. The van der Waals surface area contributed by atoms with Crippen molar-refractivity contribution in [2.75, 3.05) is 12.4 Å². The molecule has 0 bridgehead atoms. The number of carbonyl (C=O) groups is 1. The van der Waals surface area contributed by atoms with E-state index in [-0.39, 0.29) is 17.0 Å². The Morgan fingerprint density at radius 1 is 1.68 bits per heavy atom. The van der Waals surface area contributed by atoms with Gasteiger partial charge in [0, 0.05) is 19.0 Å². The van der Waals surface area contributed by atoms with Crippen LogP contribution in [-0.4, -0.2) is 45.6 Å². The molecule has 1 atom stereocenters. The normalized spacial score (nSPS) is 12.4. The predicted molar refractivity (Wildman–Crippen MR) is 77.9 cm³/mol. The van der Waals surface area contributed by atoms with Crippen molar-refractivity contribution in [3.05, 3.63) is 24.5 Å². The summed E-state index contributed by atoms with van der Waals surface area (Å²) in [6, 6.07) is 2.80. The zero-order valence-corrected chi connectivity index (χ0v) is 11.9. The van der Waals surface area contributed by atoms with Gasteiger partial charge in [0.2, 0.25) is 5.91 Å². The van der Waals surface area contributed by atoms with Gasteiger partial charge in [-0.15, -0.1) is 11.6 Å². The summed E-state index contributed by atoms with van der Waals surface area (Å²) < 4.78 is 0. The van der Waals surface area contributed by atoms with E-state index < -0.39 is 6.04 Å². The molecule has 1 rings (SSSR count). The van der Waals surface area contributed by atoms with E-state index in [0.717, 1.165) is 0 Å². The van der Waals surface area contributed by atoms with Crippen LogP contribution in [0.3, 0.4) is 0 Å². The maximum atomic E-state index is 11.7. The first-order valence-corrected chi connectivity index (χ1v) is 6.55. The van der Waals surface area contributed by atoms with Crippen LogP contribution in [0, 0.1) is 5.41 Å².